The number of nitrogens with one attached hydrogen (secondary N) is 1. The number of benzene rings is 2. The number of fused-ring (bicyclic) bond motifs is 1. The first-order chi connectivity index (χ1) is 12.7. The van der Waals surface area contributed by atoms with E-state index in [1.165, 1.54) is 37.8 Å². The number of unbranched alkanes of at least 4 members (excludes halogenated alkanes) is 4. The molecule has 0 amide bonds. The molecule has 6 nitrogen and oxygen atoms in total. The number of aromatic nitrogens is 2. The van der Waals surface area contributed by atoms with Crippen LogP contribution in [0.25, 0.3) is 22.4 Å². The van der Waals surface area contributed by atoms with Crippen molar-refractivity contribution < 1.29 is 9.66 Å². The number of imidazole rings is 1. The van der Waals surface area contributed by atoms with E-state index < -0.39 is 4.92 Å². The minimum absolute atomic E-state index is 0.0457. The lowest BCUT2D eigenvalue weighted by Crippen LogP contribution is -1.99. The molecule has 26 heavy (non-hydrogen) atoms. The van der Waals surface area contributed by atoms with Crippen LogP contribution in [-0.2, 0) is 0 Å². The molecule has 0 atom stereocenters. The van der Waals surface area contributed by atoms with Crippen LogP contribution in [0.1, 0.15) is 39.0 Å². The Labute approximate surface area is 152 Å². The molecule has 3 rings (SSSR count). The molecular weight excluding hydrogens is 330 g/mol. The van der Waals surface area contributed by atoms with Gasteiger partial charge in [0.1, 0.15) is 11.6 Å². The summed E-state index contributed by atoms with van der Waals surface area (Å²) in [5.41, 5.74) is 2.24. The summed E-state index contributed by atoms with van der Waals surface area (Å²) in [6.07, 6.45) is 5.93. The van der Waals surface area contributed by atoms with Crippen molar-refractivity contribution in [2.45, 2.75) is 39.0 Å². The zero-order valence-corrected chi connectivity index (χ0v) is 14.9. The predicted octanol–water partition coefficient (Wildman–Crippen LogP) is 5.49. The van der Waals surface area contributed by atoms with Crippen molar-refractivity contribution in [1.82, 2.24) is 9.97 Å². The number of nitro benzene ring substituents is 1. The summed E-state index contributed by atoms with van der Waals surface area (Å²) in [5, 5.41) is 10.9. The number of hydrogen-bond donors (Lipinski definition) is 1. The van der Waals surface area contributed by atoms with Crippen molar-refractivity contribution >= 4 is 16.7 Å². The SMILES string of the molecule is CCCCCCCOc1ccccc1-c1nc2ccc([N+](=O)[O-])cc2[nH]1. The van der Waals surface area contributed by atoms with Crippen molar-refractivity contribution in [1.29, 1.82) is 0 Å². The fourth-order valence-electron chi connectivity index (χ4n) is 2.91. The number of nitro groups is 1. The van der Waals surface area contributed by atoms with Crippen LogP contribution in [-0.4, -0.2) is 21.5 Å². The molecular formula is C20H23N3O3. The van der Waals surface area contributed by atoms with Crippen LogP contribution in [0.5, 0.6) is 5.75 Å². The molecule has 0 saturated heterocycles. The number of nitrogens with zero attached hydrogens (tertiary/aromatic N) is 2. The summed E-state index contributed by atoms with van der Waals surface area (Å²) in [4.78, 5) is 18.3. The number of rotatable bonds is 9. The molecule has 0 radical (unpaired) electrons. The van der Waals surface area contributed by atoms with E-state index in [4.69, 9.17) is 4.74 Å². The number of H-pyrrole nitrogens is 1. The van der Waals surface area contributed by atoms with E-state index in [0.717, 1.165) is 17.7 Å². The first-order valence-electron chi connectivity index (χ1n) is 9.05. The lowest BCUT2D eigenvalue weighted by Gasteiger charge is -2.09. The van der Waals surface area contributed by atoms with Crippen LogP contribution >= 0.6 is 0 Å². The molecule has 0 aliphatic rings. The minimum Gasteiger partial charge on any atom is -0.493 e. The van der Waals surface area contributed by atoms with Gasteiger partial charge in [-0.15, -0.1) is 0 Å². The Hall–Kier alpha value is -2.89. The molecule has 0 aliphatic carbocycles. The van der Waals surface area contributed by atoms with E-state index in [0.29, 0.717) is 23.5 Å². The van der Waals surface area contributed by atoms with Crippen molar-refractivity contribution in [3.63, 3.8) is 0 Å². The third-order valence-electron chi connectivity index (χ3n) is 4.32. The van der Waals surface area contributed by atoms with Gasteiger partial charge in [-0.25, -0.2) is 4.98 Å². The van der Waals surface area contributed by atoms with Gasteiger partial charge in [0.15, 0.2) is 0 Å². The number of hydrogen-bond acceptors (Lipinski definition) is 4. The maximum atomic E-state index is 10.9. The summed E-state index contributed by atoms with van der Waals surface area (Å²) in [5.74, 6) is 1.43. The van der Waals surface area contributed by atoms with Crippen LogP contribution in [0.4, 0.5) is 5.69 Å². The normalized spacial score (nSPS) is 11.0. The van der Waals surface area contributed by atoms with E-state index in [1.807, 2.05) is 24.3 Å². The third-order valence-corrected chi connectivity index (χ3v) is 4.32. The first-order valence-corrected chi connectivity index (χ1v) is 9.05. The van der Waals surface area contributed by atoms with Gasteiger partial charge < -0.3 is 9.72 Å². The van der Waals surface area contributed by atoms with Gasteiger partial charge >= 0.3 is 0 Å². The second-order valence-electron chi connectivity index (χ2n) is 6.30. The molecule has 1 aromatic heterocycles. The Bertz CT molecular complexity index is 889. The van der Waals surface area contributed by atoms with Gasteiger partial charge in [0.05, 0.1) is 28.1 Å². The fourth-order valence-corrected chi connectivity index (χ4v) is 2.91. The second-order valence-corrected chi connectivity index (χ2v) is 6.30. The van der Waals surface area contributed by atoms with Crippen LogP contribution in [0.15, 0.2) is 42.5 Å². The van der Waals surface area contributed by atoms with E-state index in [9.17, 15) is 10.1 Å². The fraction of sp³-hybridized carbons (Fsp3) is 0.350. The molecule has 0 saturated carbocycles. The average molecular weight is 353 g/mol. The zero-order chi connectivity index (χ0) is 18.4. The van der Waals surface area contributed by atoms with E-state index in [-0.39, 0.29) is 5.69 Å². The Morgan fingerprint density at radius 3 is 2.73 bits per heavy atom. The van der Waals surface area contributed by atoms with Crippen molar-refractivity contribution in [3.05, 3.63) is 52.6 Å². The van der Waals surface area contributed by atoms with Gasteiger partial charge in [-0.2, -0.15) is 0 Å². The maximum Gasteiger partial charge on any atom is 0.271 e. The lowest BCUT2D eigenvalue weighted by molar-refractivity contribution is -0.384. The lowest BCUT2D eigenvalue weighted by atomic mass is 10.1. The quantitative estimate of drug-likeness (QED) is 0.313. The van der Waals surface area contributed by atoms with Gasteiger partial charge in [0.25, 0.3) is 5.69 Å². The molecule has 136 valence electrons. The Kier molecular flexibility index (Phi) is 5.84. The van der Waals surface area contributed by atoms with Crippen molar-refractivity contribution in [2.75, 3.05) is 6.61 Å². The standard InChI is InChI=1S/C20H23N3O3/c1-2-3-4-5-8-13-26-19-10-7-6-9-16(19)20-21-17-12-11-15(23(24)25)14-18(17)22-20/h6-7,9-12,14H,2-5,8,13H2,1H3,(H,21,22). The summed E-state index contributed by atoms with van der Waals surface area (Å²) in [7, 11) is 0. The third kappa shape index (κ3) is 4.20. The summed E-state index contributed by atoms with van der Waals surface area (Å²) < 4.78 is 5.96. The summed E-state index contributed by atoms with van der Waals surface area (Å²) >= 11 is 0. The highest BCUT2D eigenvalue weighted by atomic mass is 16.6. The topological polar surface area (TPSA) is 81.1 Å². The van der Waals surface area contributed by atoms with Crippen molar-refractivity contribution in [2.24, 2.45) is 0 Å². The molecule has 3 aromatic rings. The molecule has 0 fully saturated rings. The molecule has 0 aliphatic heterocycles. The van der Waals surface area contributed by atoms with Crippen LogP contribution in [0, 0.1) is 10.1 Å². The molecule has 0 spiro atoms. The zero-order valence-electron chi connectivity index (χ0n) is 14.9. The molecule has 0 unspecified atom stereocenters. The van der Waals surface area contributed by atoms with Crippen LogP contribution < -0.4 is 4.74 Å². The van der Waals surface area contributed by atoms with Gasteiger partial charge in [-0.3, -0.25) is 10.1 Å². The van der Waals surface area contributed by atoms with Crippen molar-refractivity contribution in [3.8, 4) is 17.1 Å². The summed E-state index contributed by atoms with van der Waals surface area (Å²) in [6.45, 7) is 2.88. The Balaban J connectivity index is 1.76. The average Bonchev–Trinajstić information content (AvgIpc) is 3.08. The van der Waals surface area contributed by atoms with E-state index in [1.54, 1.807) is 6.07 Å². The first kappa shape index (κ1) is 17.9. The van der Waals surface area contributed by atoms with Gasteiger partial charge in [0, 0.05) is 12.1 Å². The van der Waals surface area contributed by atoms with E-state index >= 15 is 0 Å². The summed E-state index contributed by atoms with van der Waals surface area (Å²) in [6, 6.07) is 12.4. The number of non-ortho nitro benzene ring substituents is 1. The molecule has 6 heteroatoms. The van der Waals surface area contributed by atoms with Gasteiger partial charge in [-0.1, -0.05) is 44.7 Å². The number of para-hydroxylation sites is 1. The number of aromatic amines is 1. The number of ether oxygens (including phenoxy) is 1. The molecule has 1 N–H and O–H groups in total. The van der Waals surface area contributed by atoms with Gasteiger partial charge in [0.2, 0.25) is 0 Å². The second kappa shape index (κ2) is 8.47. The molecule has 2 aromatic carbocycles. The van der Waals surface area contributed by atoms with E-state index in [2.05, 4.69) is 16.9 Å². The maximum absolute atomic E-state index is 10.9. The Morgan fingerprint density at radius 2 is 1.92 bits per heavy atom. The van der Waals surface area contributed by atoms with Crippen LogP contribution in [0.3, 0.4) is 0 Å². The highest BCUT2D eigenvalue weighted by molar-refractivity contribution is 5.82. The highest BCUT2D eigenvalue weighted by Gasteiger charge is 2.13. The van der Waals surface area contributed by atoms with Gasteiger partial charge in [-0.05, 0) is 24.6 Å². The monoisotopic (exact) mass is 353 g/mol. The molecule has 0 bridgehead atoms. The predicted molar refractivity (Wildman–Crippen MR) is 102 cm³/mol. The Morgan fingerprint density at radius 1 is 1.12 bits per heavy atom. The highest BCUT2D eigenvalue weighted by Crippen LogP contribution is 2.30. The van der Waals surface area contributed by atoms with Crippen LogP contribution in [0.2, 0.25) is 0 Å². The largest absolute Gasteiger partial charge is 0.493 e. The molecule has 1 heterocycles. The minimum atomic E-state index is -0.407. The smallest absolute Gasteiger partial charge is 0.271 e.